The van der Waals surface area contributed by atoms with Crippen molar-refractivity contribution in [3.63, 3.8) is 0 Å². The highest BCUT2D eigenvalue weighted by Gasteiger charge is 1.95. The van der Waals surface area contributed by atoms with E-state index in [1.54, 1.807) is 0 Å². The van der Waals surface area contributed by atoms with Crippen LogP contribution in [0.3, 0.4) is 0 Å². The summed E-state index contributed by atoms with van der Waals surface area (Å²) in [6.07, 6.45) is 0. The van der Waals surface area contributed by atoms with Crippen LogP contribution in [-0.4, -0.2) is 30.0 Å². The third-order valence-corrected chi connectivity index (χ3v) is 1.55. The van der Waals surface area contributed by atoms with Crippen LogP contribution in [0.15, 0.2) is 0 Å². The molecule has 0 aromatic heterocycles. The Morgan fingerprint density at radius 2 is 2.25 bits per heavy atom. The normalized spacial score (nSPS) is 8.88. The SMILES string of the molecule is CCN(C)C(=S)CN. The first-order valence-electron chi connectivity index (χ1n) is 2.66. The van der Waals surface area contributed by atoms with E-state index in [-0.39, 0.29) is 0 Å². The van der Waals surface area contributed by atoms with Crippen molar-refractivity contribution in [2.45, 2.75) is 6.92 Å². The number of likely N-dealkylation sites (N-methyl/N-ethyl adjacent to an activating group) is 1. The molecule has 0 aliphatic carbocycles. The van der Waals surface area contributed by atoms with E-state index in [1.807, 2.05) is 18.9 Å². The molecule has 0 saturated carbocycles. The van der Waals surface area contributed by atoms with Crippen LogP contribution in [0.25, 0.3) is 0 Å². The van der Waals surface area contributed by atoms with Crippen LogP contribution in [0.1, 0.15) is 6.92 Å². The van der Waals surface area contributed by atoms with E-state index < -0.39 is 0 Å². The van der Waals surface area contributed by atoms with Gasteiger partial charge in [-0.25, -0.2) is 0 Å². The van der Waals surface area contributed by atoms with E-state index >= 15 is 0 Å². The number of hydrogen-bond acceptors (Lipinski definition) is 2. The number of thiocarbonyl (C=S) groups is 1. The Bertz CT molecular complexity index is 82.5. The standard InChI is InChI=1S/C5H12N2S/c1-3-7(2)5(8)4-6/h3-4,6H2,1-2H3. The summed E-state index contributed by atoms with van der Waals surface area (Å²) < 4.78 is 0. The number of nitrogens with two attached hydrogens (primary N) is 1. The summed E-state index contributed by atoms with van der Waals surface area (Å²) in [5, 5.41) is 0. The zero-order valence-electron chi connectivity index (χ0n) is 5.35. The summed E-state index contributed by atoms with van der Waals surface area (Å²) in [7, 11) is 1.94. The molecule has 0 fully saturated rings. The largest absolute Gasteiger partial charge is 0.368 e. The molecule has 2 N–H and O–H groups in total. The molecule has 0 radical (unpaired) electrons. The van der Waals surface area contributed by atoms with Crippen molar-refractivity contribution in [2.24, 2.45) is 5.73 Å². The Labute approximate surface area is 55.7 Å². The molecule has 3 heteroatoms. The predicted molar refractivity (Wildman–Crippen MR) is 40.0 cm³/mol. The zero-order valence-corrected chi connectivity index (χ0v) is 6.16. The first kappa shape index (κ1) is 7.85. The minimum absolute atomic E-state index is 0.486. The van der Waals surface area contributed by atoms with Crippen molar-refractivity contribution < 1.29 is 0 Å². The molecule has 0 amide bonds. The molecule has 0 aromatic carbocycles. The lowest BCUT2D eigenvalue weighted by atomic mass is 10.5. The van der Waals surface area contributed by atoms with Gasteiger partial charge in [-0.15, -0.1) is 0 Å². The van der Waals surface area contributed by atoms with Crippen LogP contribution < -0.4 is 5.73 Å². The summed E-state index contributed by atoms with van der Waals surface area (Å²) in [5.41, 5.74) is 5.27. The summed E-state index contributed by atoms with van der Waals surface area (Å²) >= 11 is 4.88. The highest BCUT2D eigenvalue weighted by Crippen LogP contribution is 1.82. The van der Waals surface area contributed by atoms with Gasteiger partial charge in [0.15, 0.2) is 0 Å². The monoisotopic (exact) mass is 132 g/mol. The van der Waals surface area contributed by atoms with Crippen molar-refractivity contribution in [3.05, 3.63) is 0 Å². The lowest BCUT2D eigenvalue weighted by Gasteiger charge is -2.15. The third kappa shape index (κ3) is 2.23. The van der Waals surface area contributed by atoms with Crippen molar-refractivity contribution >= 4 is 17.2 Å². The van der Waals surface area contributed by atoms with Gasteiger partial charge in [0.25, 0.3) is 0 Å². The molecular formula is C5H12N2S. The van der Waals surface area contributed by atoms with Crippen LogP contribution in [0, 0.1) is 0 Å². The molecule has 0 aromatic rings. The first-order valence-corrected chi connectivity index (χ1v) is 3.07. The number of hydrogen-bond donors (Lipinski definition) is 1. The fourth-order valence-electron chi connectivity index (χ4n) is 0.332. The van der Waals surface area contributed by atoms with Crippen molar-refractivity contribution in [3.8, 4) is 0 Å². The molecule has 0 spiro atoms. The van der Waals surface area contributed by atoms with Crippen molar-refractivity contribution in [1.29, 1.82) is 0 Å². The van der Waals surface area contributed by atoms with Gasteiger partial charge in [0.2, 0.25) is 0 Å². The Morgan fingerprint density at radius 3 is 2.38 bits per heavy atom. The zero-order chi connectivity index (χ0) is 6.57. The summed E-state index contributed by atoms with van der Waals surface area (Å²) in [6.45, 7) is 3.47. The maximum Gasteiger partial charge on any atom is 0.0914 e. The van der Waals surface area contributed by atoms with Gasteiger partial charge in [-0.2, -0.15) is 0 Å². The fourth-order valence-corrected chi connectivity index (χ4v) is 0.461. The van der Waals surface area contributed by atoms with Gasteiger partial charge in [0.05, 0.1) is 4.99 Å². The fraction of sp³-hybridized carbons (Fsp3) is 0.800. The second-order valence-corrected chi connectivity index (χ2v) is 2.08. The third-order valence-electron chi connectivity index (χ3n) is 1.07. The lowest BCUT2D eigenvalue weighted by molar-refractivity contribution is 0.538. The average Bonchev–Trinajstić information content (AvgIpc) is 1.84. The van der Waals surface area contributed by atoms with Gasteiger partial charge < -0.3 is 10.6 Å². The van der Waals surface area contributed by atoms with Crippen molar-refractivity contribution in [2.75, 3.05) is 20.1 Å². The molecule has 0 unspecified atom stereocenters. The molecule has 0 heterocycles. The van der Waals surface area contributed by atoms with E-state index in [0.717, 1.165) is 11.5 Å². The van der Waals surface area contributed by atoms with Crippen LogP contribution in [0.4, 0.5) is 0 Å². The van der Waals surface area contributed by atoms with Crippen LogP contribution in [-0.2, 0) is 0 Å². The van der Waals surface area contributed by atoms with Gasteiger partial charge >= 0.3 is 0 Å². The van der Waals surface area contributed by atoms with Gasteiger partial charge in [-0.05, 0) is 6.92 Å². The highest BCUT2D eigenvalue weighted by molar-refractivity contribution is 7.80. The van der Waals surface area contributed by atoms with E-state index in [9.17, 15) is 0 Å². The smallest absolute Gasteiger partial charge is 0.0914 e. The van der Waals surface area contributed by atoms with Crippen molar-refractivity contribution in [1.82, 2.24) is 4.90 Å². The predicted octanol–water partition coefficient (Wildman–Crippen LogP) is 0.224. The molecule has 0 bridgehead atoms. The Balaban J connectivity index is 3.46. The Kier molecular flexibility index (Phi) is 3.73. The van der Waals surface area contributed by atoms with E-state index in [4.69, 9.17) is 18.0 Å². The van der Waals surface area contributed by atoms with E-state index in [2.05, 4.69) is 0 Å². The van der Waals surface area contributed by atoms with Crippen LogP contribution in [0.2, 0.25) is 0 Å². The summed E-state index contributed by atoms with van der Waals surface area (Å²) in [4.78, 5) is 2.78. The minimum atomic E-state index is 0.486. The van der Waals surface area contributed by atoms with Gasteiger partial charge in [-0.3, -0.25) is 0 Å². The maximum atomic E-state index is 5.27. The summed E-state index contributed by atoms with van der Waals surface area (Å²) in [5.74, 6) is 0. The molecule has 0 aliphatic rings. The molecule has 2 nitrogen and oxygen atoms in total. The van der Waals surface area contributed by atoms with Gasteiger partial charge in [0.1, 0.15) is 0 Å². The first-order chi connectivity index (χ1) is 3.72. The Hall–Kier alpha value is -0.150. The topological polar surface area (TPSA) is 29.3 Å². The second kappa shape index (κ2) is 3.80. The Morgan fingerprint density at radius 1 is 1.75 bits per heavy atom. The molecular weight excluding hydrogens is 120 g/mol. The highest BCUT2D eigenvalue weighted by atomic mass is 32.1. The van der Waals surface area contributed by atoms with Crippen LogP contribution in [0.5, 0.6) is 0 Å². The molecule has 0 atom stereocenters. The lowest BCUT2D eigenvalue weighted by Crippen LogP contribution is -2.30. The van der Waals surface area contributed by atoms with Gasteiger partial charge in [-0.1, -0.05) is 12.2 Å². The molecule has 0 rings (SSSR count). The van der Waals surface area contributed by atoms with E-state index in [0.29, 0.717) is 6.54 Å². The second-order valence-electron chi connectivity index (χ2n) is 1.61. The molecule has 48 valence electrons. The van der Waals surface area contributed by atoms with Gasteiger partial charge in [0, 0.05) is 20.1 Å². The number of nitrogens with zero attached hydrogens (tertiary/aromatic N) is 1. The number of rotatable bonds is 2. The molecule has 0 aliphatic heterocycles. The van der Waals surface area contributed by atoms with E-state index in [1.165, 1.54) is 0 Å². The molecule has 0 saturated heterocycles. The molecule has 8 heavy (non-hydrogen) atoms. The van der Waals surface area contributed by atoms with Crippen LogP contribution >= 0.6 is 12.2 Å². The minimum Gasteiger partial charge on any atom is -0.368 e. The summed E-state index contributed by atoms with van der Waals surface area (Å²) in [6, 6.07) is 0. The average molecular weight is 132 g/mol. The maximum absolute atomic E-state index is 5.27. The quantitative estimate of drug-likeness (QED) is 0.545.